The molecule has 0 radical (unpaired) electrons. The second kappa shape index (κ2) is 4.41. The van der Waals surface area contributed by atoms with Crippen molar-refractivity contribution in [3.05, 3.63) is 11.8 Å². The minimum absolute atomic E-state index is 0.0438. The first-order valence-corrected chi connectivity index (χ1v) is 5.05. The fourth-order valence-electron chi connectivity index (χ4n) is 1.80. The highest BCUT2D eigenvalue weighted by Crippen LogP contribution is 2.33. The molecule has 4 atom stereocenters. The second-order valence-electron chi connectivity index (χ2n) is 3.83. The van der Waals surface area contributed by atoms with Crippen molar-refractivity contribution in [3.63, 3.8) is 0 Å². The van der Waals surface area contributed by atoms with Gasteiger partial charge in [-0.25, -0.2) is 4.98 Å². The molecule has 0 saturated carbocycles. The van der Waals surface area contributed by atoms with Crippen molar-refractivity contribution in [1.82, 2.24) is 9.97 Å². The number of aromatic nitrogens is 2. The molecule has 1 aromatic rings. The number of aliphatic hydroxyl groups is 3. The molecule has 0 aromatic carbocycles. The van der Waals surface area contributed by atoms with E-state index in [1.54, 1.807) is 0 Å². The SMILES string of the molecule is Nc1cc([C@@H]2O[C@H](CO)[C@@H](O)[C@H]2O)nc(N)n1. The number of nitrogens with two attached hydrogens (primary N) is 2. The normalized spacial score (nSPS) is 32.9. The summed E-state index contributed by atoms with van der Waals surface area (Å²) in [5.41, 5.74) is 11.2. The average molecular weight is 242 g/mol. The molecule has 1 saturated heterocycles. The van der Waals surface area contributed by atoms with E-state index >= 15 is 0 Å². The van der Waals surface area contributed by atoms with Crippen LogP contribution in [0.5, 0.6) is 0 Å². The Kier molecular flexibility index (Phi) is 3.11. The van der Waals surface area contributed by atoms with Crippen LogP contribution in [0.4, 0.5) is 11.8 Å². The van der Waals surface area contributed by atoms with Crippen molar-refractivity contribution in [2.75, 3.05) is 18.1 Å². The van der Waals surface area contributed by atoms with Crippen molar-refractivity contribution in [1.29, 1.82) is 0 Å². The van der Waals surface area contributed by atoms with Gasteiger partial charge in [0.05, 0.1) is 12.3 Å². The first kappa shape index (κ1) is 12.0. The highest BCUT2D eigenvalue weighted by molar-refractivity contribution is 5.37. The summed E-state index contributed by atoms with van der Waals surface area (Å²) in [5, 5.41) is 28.3. The number of hydrogen-bond donors (Lipinski definition) is 5. The molecule has 0 aliphatic carbocycles. The highest BCUT2D eigenvalue weighted by atomic mass is 16.6. The number of rotatable bonds is 2. The summed E-state index contributed by atoms with van der Waals surface area (Å²) >= 11 is 0. The summed E-state index contributed by atoms with van der Waals surface area (Å²) in [7, 11) is 0. The van der Waals surface area contributed by atoms with Gasteiger partial charge in [0.1, 0.15) is 30.2 Å². The van der Waals surface area contributed by atoms with E-state index in [-0.39, 0.29) is 17.5 Å². The third-order valence-corrected chi connectivity index (χ3v) is 2.62. The predicted octanol–water partition coefficient (Wildman–Crippen LogP) is -2.20. The van der Waals surface area contributed by atoms with Gasteiger partial charge in [0.25, 0.3) is 0 Å². The Morgan fingerprint density at radius 2 is 1.94 bits per heavy atom. The Morgan fingerprint density at radius 1 is 1.24 bits per heavy atom. The molecule has 0 bridgehead atoms. The number of hydrogen-bond acceptors (Lipinski definition) is 8. The molecule has 1 fully saturated rings. The molecule has 8 nitrogen and oxygen atoms in total. The molecular weight excluding hydrogens is 228 g/mol. The molecule has 2 rings (SSSR count). The second-order valence-corrected chi connectivity index (χ2v) is 3.83. The van der Waals surface area contributed by atoms with Crippen LogP contribution in [-0.4, -0.2) is 50.2 Å². The fourth-order valence-corrected chi connectivity index (χ4v) is 1.80. The van der Waals surface area contributed by atoms with E-state index < -0.39 is 31.0 Å². The van der Waals surface area contributed by atoms with Gasteiger partial charge in [0, 0.05) is 6.07 Å². The van der Waals surface area contributed by atoms with Crippen molar-refractivity contribution in [2.45, 2.75) is 24.4 Å². The van der Waals surface area contributed by atoms with Gasteiger partial charge in [0.2, 0.25) is 5.95 Å². The fraction of sp³-hybridized carbons (Fsp3) is 0.556. The standard InChI is InChI=1S/C9H14N4O4/c10-5-1-3(12-9(11)13-5)8-7(16)6(15)4(2-14)17-8/h1,4,6-8,14-16H,2H2,(H4,10,11,12,13)/t4-,6-,7-,8+/m1/s1. The largest absolute Gasteiger partial charge is 0.394 e. The van der Waals surface area contributed by atoms with E-state index in [0.717, 1.165) is 0 Å². The molecule has 0 spiro atoms. The third-order valence-electron chi connectivity index (χ3n) is 2.62. The lowest BCUT2D eigenvalue weighted by Crippen LogP contribution is -2.32. The van der Waals surface area contributed by atoms with Crippen molar-refractivity contribution < 1.29 is 20.1 Å². The third kappa shape index (κ3) is 2.15. The van der Waals surface area contributed by atoms with Gasteiger partial charge in [0.15, 0.2) is 0 Å². The Balaban J connectivity index is 2.28. The molecule has 1 aromatic heterocycles. The summed E-state index contributed by atoms with van der Waals surface area (Å²) in [6, 6.07) is 1.40. The van der Waals surface area contributed by atoms with Gasteiger partial charge >= 0.3 is 0 Å². The zero-order valence-corrected chi connectivity index (χ0v) is 8.89. The number of aliphatic hydroxyl groups excluding tert-OH is 3. The van der Waals surface area contributed by atoms with Crippen LogP contribution >= 0.6 is 0 Å². The van der Waals surface area contributed by atoms with Crippen LogP contribution in [0.25, 0.3) is 0 Å². The Labute approximate surface area is 96.9 Å². The smallest absolute Gasteiger partial charge is 0.222 e. The molecule has 1 aliphatic rings. The molecule has 17 heavy (non-hydrogen) atoms. The summed E-state index contributed by atoms with van der Waals surface area (Å²) < 4.78 is 5.28. The van der Waals surface area contributed by atoms with Gasteiger partial charge < -0.3 is 31.5 Å². The van der Waals surface area contributed by atoms with Crippen LogP contribution in [0.15, 0.2) is 6.07 Å². The lowest BCUT2D eigenvalue weighted by Gasteiger charge is -2.14. The van der Waals surface area contributed by atoms with E-state index in [2.05, 4.69) is 9.97 Å². The van der Waals surface area contributed by atoms with Gasteiger partial charge in [-0.05, 0) is 0 Å². The zero-order valence-electron chi connectivity index (χ0n) is 8.89. The van der Waals surface area contributed by atoms with Crippen LogP contribution < -0.4 is 11.5 Å². The van der Waals surface area contributed by atoms with Gasteiger partial charge in [-0.2, -0.15) is 4.98 Å². The van der Waals surface area contributed by atoms with Crippen LogP contribution in [0, 0.1) is 0 Å². The first-order chi connectivity index (χ1) is 8.02. The molecule has 1 aliphatic heterocycles. The first-order valence-electron chi connectivity index (χ1n) is 5.05. The lowest BCUT2D eigenvalue weighted by molar-refractivity contribution is -0.0239. The van der Waals surface area contributed by atoms with Crippen molar-refractivity contribution >= 4 is 11.8 Å². The maximum atomic E-state index is 9.77. The number of nitrogen functional groups attached to an aromatic ring is 2. The zero-order chi connectivity index (χ0) is 12.6. The van der Waals surface area contributed by atoms with Gasteiger partial charge in [-0.3, -0.25) is 0 Å². The minimum Gasteiger partial charge on any atom is -0.394 e. The van der Waals surface area contributed by atoms with E-state index in [9.17, 15) is 10.2 Å². The van der Waals surface area contributed by atoms with Gasteiger partial charge in [-0.1, -0.05) is 0 Å². The Bertz CT molecular complexity index is 396. The summed E-state index contributed by atoms with van der Waals surface area (Å²) in [5.74, 6) is 0.1000. The topological polar surface area (TPSA) is 148 Å². The molecule has 7 N–H and O–H groups in total. The summed E-state index contributed by atoms with van der Waals surface area (Å²) in [6.07, 6.45) is -4.11. The number of anilines is 2. The van der Waals surface area contributed by atoms with Crippen molar-refractivity contribution in [3.8, 4) is 0 Å². The minimum atomic E-state index is -1.19. The van der Waals surface area contributed by atoms with Crippen LogP contribution in [0.2, 0.25) is 0 Å². The quantitative estimate of drug-likeness (QED) is 0.392. The van der Waals surface area contributed by atoms with Gasteiger partial charge in [-0.15, -0.1) is 0 Å². The highest BCUT2D eigenvalue weighted by Gasteiger charge is 2.43. The molecule has 0 amide bonds. The van der Waals surface area contributed by atoms with E-state index in [0.29, 0.717) is 0 Å². The van der Waals surface area contributed by atoms with Crippen LogP contribution in [0.3, 0.4) is 0 Å². The molecule has 2 heterocycles. The van der Waals surface area contributed by atoms with E-state index in [4.69, 9.17) is 21.3 Å². The Hall–Kier alpha value is -1.48. The van der Waals surface area contributed by atoms with E-state index in [1.807, 2.05) is 0 Å². The van der Waals surface area contributed by atoms with Crippen LogP contribution in [-0.2, 0) is 4.74 Å². The number of ether oxygens (including phenoxy) is 1. The maximum Gasteiger partial charge on any atom is 0.222 e. The Morgan fingerprint density at radius 3 is 2.47 bits per heavy atom. The van der Waals surface area contributed by atoms with Crippen molar-refractivity contribution in [2.24, 2.45) is 0 Å². The maximum absolute atomic E-state index is 9.77. The lowest BCUT2D eigenvalue weighted by atomic mass is 10.1. The van der Waals surface area contributed by atoms with E-state index in [1.165, 1.54) is 6.07 Å². The predicted molar refractivity (Wildman–Crippen MR) is 57.6 cm³/mol. The molecular formula is C9H14N4O4. The average Bonchev–Trinajstić information content (AvgIpc) is 2.54. The van der Waals surface area contributed by atoms with Crippen LogP contribution in [0.1, 0.15) is 11.8 Å². The summed E-state index contributed by atoms with van der Waals surface area (Å²) in [4.78, 5) is 7.56. The molecule has 8 heteroatoms. The monoisotopic (exact) mass is 242 g/mol. The molecule has 94 valence electrons. The molecule has 0 unspecified atom stereocenters. The summed E-state index contributed by atoms with van der Waals surface area (Å²) in [6.45, 7) is -0.398. The number of nitrogens with zero attached hydrogens (tertiary/aromatic N) is 2.